The third-order valence-corrected chi connectivity index (χ3v) is 3.98. The number of nitrogens with zero attached hydrogens (tertiary/aromatic N) is 1. The number of rotatable bonds is 5. The quantitative estimate of drug-likeness (QED) is 0.758. The first-order valence-corrected chi connectivity index (χ1v) is 6.98. The molecule has 1 aromatic carbocycles. The summed E-state index contributed by atoms with van der Waals surface area (Å²) in [5, 5.41) is 0.414. The van der Waals surface area contributed by atoms with Crippen LogP contribution in [-0.2, 0) is 6.54 Å². The van der Waals surface area contributed by atoms with E-state index in [1.54, 1.807) is 7.11 Å². The molecule has 1 aromatic rings. The Morgan fingerprint density at radius 1 is 1.39 bits per heavy atom. The van der Waals surface area contributed by atoms with Crippen molar-refractivity contribution in [3.63, 3.8) is 0 Å². The van der Waals surface area contributed by atoms with Crippen LogP contribution in [0.2, 0.25) is 0 Å². The van der Waals surface area contributed by atoms with E-state index in [0.29, 0.717) is 5.38 Å². The van der Waals surface area contributed by atoms with Crippen molar-refractivity contribution in [1.82, 2.24) is 4.90 Å². The molecule has 1 aliphatic rings. The van der Waals surface area contributed by atoms with Crippen molar-refractivity contribution in [2.75, 3.05) is 20.7 Å². The molecule has 0 atom stereocenters. The molecule has 3 heteroatoms. The first-order valence-electron chi connectivity index (χ1n) is 6.54. The van der Waals surface area contributed by atoms with Crippen LogP contribution in [-0.4, -0.2) is 31.0 Å². The van der Waals surface area contributed by atoms with Gasteiger partial charge in [0.25, 0.3) is 0 Å². The molecule has 0 aliphatic heterocycles. The molecule has 1 fully saturated rings. The Labute approximate surface area is 115 Å². The van der Waals surface area contributed by atoms with E-state index >= 15 is 0 Å². The lowest BCUT2D eigenvalue weighted by Crippen LogP contribution is -2.34. The highest BCUT2D eigenvalue weighted by molar-refractivity contribution is 6.21. The monoisotopic (exact) mass is 267 g/mol. The maximum Gasteiger partial charge on any atom is 0.123 e. The minimum Gasteiger partial charge on any atom is -0.496 e. The van der Waals surface area contributed by atoms with Crippen molar-refractivity contribution in [3.8, 4) is 5.75 Å². The molecule has 0 bridgehead atoms. The molecule has 2 rings (SSSR count). The highest BCUT2D eigenvalue weighted by Gasteiger charge is 2.28. The number of hydrogen-bond donors (Lipinski definition) is 0. The summed E-state index contributed by atoms with van der Waals surface area (Å²) in [5.41, 5.74) is 2.55. The number of alkyl halides is 1. The lowest BCUT2D eigenvalue weighted by molar-refractivity contribution is 0.202. The summed E-state index contributed by atoms with van der Waals surface area (Å²) in [6.07, 6.45) is 2.33. The number of hydrogen-bond acceptors (Lipinski definition) is 2. The lowest BCUT2D eigenvalue weighted by atomic mass is 9.84. The van der Waals surface area contributed by atoms with Crippen LogP contribution in [0.15, 0.2) is 18.2 Å². The average Bonchev–Trinajstić information content (AvgIpc) is 2.27. The van der Waals surface area contributed by atoms with E-state index in [-0.39, 0.29) is 0 Å². The third kappa shape index (κ3) is 3.39. The predicted octanol–water partition coefficient (Wildman–Crippen LogP) is 3.45. The molecule has 0 unspecified atom stereocenters. The Morgan fingerprint density at radius 3 is 2.72 bits per heavy atom. The van der Waals surface area contributed by atoms with Gasteiger partial charge in [-0.2, -0.15) is 0 Å². The Bertz CT molecular complexity index is 401. The van der Waals surface area contributed by atoms with Crippen LogP contribution in [0.25, 0.3) is 0 Å². The van der Waals surface area contributed by atoms with E-state index < -0.39 is 0 Å². The lowest BCUT2D eigenvalue weighted by Gasteiger charge is -2.34. The highest BCUT2D eigenvalue weighted by atomic mass is 35.5. The zero-order valence-corrected chi connectivity index (χ0v) is 12.2. The number of halogens is 1. The summed E-state index contributed by atoms with van der Waals surface area (Å²) in [5.74, 6) is 1.75. The number of aryl methyl sites for hydroxylation is 1. The van der Waals surface area contributed by atoms with Crippen molar-refractivity contribution in [3.05, 3.63) is 29.3 Å². The highest BCUT2D eigenvalue weighted by Crippen LogP contribution is 2.32. The minimum atomic E-state index is 0.414. The van der Waals surface area contributed by atoms with Crippen LogP contribution in [0.1, 0.15) is 24.0 Å². The van der Waals surface area contributed by atoms with Gasteiger partial charge in [-0.15, -0.1) is 11.6 Å². The maximum absolute atomic E-state index is 6.02. The van der Waals surface area contributed by atoms with E-state index in [1.165, 1.54) is 11.1 Å². The zero-order valence-electron chi connectivity index (χ0n) is 11.4. The second-order valence-corrected chi connectivity index (χ2v) is 6.06. The zero-order chi connectivity index (χ0) is 13.1. The van der Waals surface area contributed by atoms with Crippen molar-refractivity contribution < 1.29 is 4.74 Å². The van der Waals surface area contributed by atoms with E-state index in [4.69, 9.17) is 16.3 Å². The van der Waals surface area contributed by atoms with E-state index in [1.807, 2.05) is 0 Å². The smallest absolute Gasteiger partial charge is 0.123 e. The van der Waals surface area contributed by atoms with Gasteiger partial charge in [0, 0.05) is 24.0 Å². The number of methoxy groups -OCH3 is 1. The Balaban J connectivity index is 1.93. The molecule has 0 amide bonds. The Kier molecular flexibility index (Phi) is 4.52. The van der Waals surface area contributed by atoms with Gasteiger partial charge in [-0.25, -0.2) is 0 Å². The average molecular weight is 268 g/mol. The van der Waals surface area contributed by atoms with Gasteiger partial charge in [0.15, 0.2) is 0 Å². The fourth-order valence-electron chi connectivity index (χ4n) is 2.63. The van der Waals surface area contributed by atoms with Gasteiger partial charge in [-0.3, -0.25) is 0 Å². The van der Waals surface area contributed by atoms with E-state index in [0.717, 1.165) is 37.6 Å². The molecule has 0 spiro atoms. The first kappa shape index (κ1) is 13.7. The summed E-state index contributed by atoms with van der Waals surface area (Å²) < 4.78 is 5.42. The molecule has 0 radical (unpaired) electrons. The Hall–Kier alpha value is -0.730. The summed E-state index contributed by atoms with van der Waals surface area (Å²) in [6, 6.07) is 6.35. The molecule has 2 nitrogen and oxygen atoms in total. The topological polar surface area (TPSA) is 12.5 Å². The predicted molar refractivity (Wildman–Crippen MR) is 76.4 cm³/mol. The molecule has 0 N–H and O–H groups in total. The largest absolute Gasteiger partial charge is 0.496 e. The van der Waals surface area contributed by atoms with Gasteiger partial charge in [0.05, 0.1) is 7.11 Å². The van der Waals surface area contributed by atoms with Crippen molar-refractivity contribution in [2.24, 2.45) is 5.92 Å². The van der Waals surface area contributed by atoms with Crippen molar-refractivity contribution in [2.45, 2.75) is 31.7 Å². The maximum atomic E-state index is 6.02. The minimum absolute atomic E-state index is 0.414. The Morgan fingerprint density at radius 2 is 2.11 bits per heavy atom. The fourth-order valence-corrected chi connectivity index (χ4v) is 3.13. The second kappa shape index (κ2) is 5.94. The summed E-state index contributed by atoms with van der Waals surface area (Å²) in [4.78, 5) is 2.37. The summed E-state index contributed by atoms with van der Waals surface area (Å²) >= 11 is 6.02. The van der Waals surface area contributed by atoms with Gasteiger partial charge in [-0.05, 0) is 38.8 Å². The van der Waals surface area contributed by atoms with Crippen molar-refractivity contribution in [1.29, 1.82) is 0 Å². The van der Waals surface area contributed by atoms with Gasteiger partial charge in [0.2, 0.25) is 0 Å². The molecule has 1 saturated carbocycles. The van der Waals surface area contributed by atoms with Gasteiger partial charge >= 0.3 is 0 Å². The summed E-state index contributed by atoms with van der Waals surface area (Å²) in [6.45, 7) is 4.18. The fraction of sp³-hybridized carbons (Fsp3) is 0.600. The molecule has 0 heterocycles. The molecule has 0 aromatic heterocycles. The van der Waals surface area contributed by atoms with E-state index in [9.17, 15) is 0 Å². The standard InChI is InChI=1S/C15H22ClNO/c1-11-4-5-15(18-3)13(6-11)10-17(2)9-12-7-14(16)8-12/h4-6,12,14H,7-10H2,1-3H3. The van der Waals surface area contributed by atoms with E-state index in [2.05, 4.69) is 37.1 Å². The molecule has 1 aliphatic carbocycles. The molecule has 100 valence electrons. The van der Waals surface area contributed by atoms with Gasteiger partial charge < -0.3 is 9.64 Å². The third-order valence-electron chi connectivity index (χ3n) is 3.62. The summed E-state index contributed by atoms with van der Waals surface area (Å²) in [7, 11) is 3.90. The number of ether oxygens (including phenoxy) is 1. The molecule has 18 heavy (non-hydrogen) atoms. The molecular formula is C15H22ClNO. The van der Waals surface area contributed by atoms with Crippen LogP contribution < -0.4 is 4.74 Å². The first-order chi connectivity index (χ1) is 8.58. The molecular weight excluding hydrogens is 246 g/mol. The van der Waals surface area contributed by atoms with Gasteiger partial charge in [0.1, 0.15) is 5.75 Å². The SMILES string of the molecule is COc1ccc(C)cc1CN(C)CC1CC(Cl)C1. The van der Waals surface area contributed by atoms with Crippen LogP contribution in [0.3, 0.4) is 0 Å². The molecule has 0 saturated heterocycles. The van der Waals surface area contributed by atoms with Crippen LogP contribution in [0.4, 0.5) is 0 Å². The van der Waals surface area contributed by atoms with Crippen LogP contribution in [0, 0.1) is 12.8 Å². The number of benzene rings is 1. The normalized spacial score (nSPS) is 22.9. The van der Waals surface area contributed by atoms with Crippen LogP contribution >= 0.6 is 11.6 Å². The second-order valence-electron chi connectivity index (χ2n) is 5.45. The van der Waals surface area contributed by atoms with Crippen LogP contribution in [0.5, 0.6) is 5.75 Å². The van der Waals surface area contributed by atoms with Crippen molar-refractivity contribution >= 4 is 11.6 Å². The van der Waals surface area contributed by atoms with Gasteiger partial charge in [-0.1, -0.05) is 17.7 Å².